The molecular formula is C19H22N6O2S2. The molecule has 3 aromatic rings. The van der Waals surface area contributed by atoms with Gasteiger partial charge in [-0.15, -0.1) is 21.5 Å². The molecule has 10 heteroatoms. The Kier molecular flexibility index (Phi) is 5.48. The number of sulfonamides is 1. The number of nitrogens with one attached hydrogen (secondary N) is 1. The molecule has 0 atom stereocenters. The molecule has 4 heterocycles. The predicted octanol–water partition coefficient (Wildman–Crippen LogP) is 2.80. The molecule has 0 aliphatic carbocycles. The van der Waals surface area contributed by atoms with Crippen LogP contribution in [-0.4, -0.2) is 54.1 Å². The maximum atomic E-state index is 12.8. The number of hydrogen-bond donors (Lipinski definition) is 1. The van der Waals surface area contributed by atoms with Gasteiger partial charge in [-0.05, 0) is 50.2 Å². The van der Waals surface area contributed by atoms with Gasteiger partial charge in [-0.25, -0.2) is 13.4 Å². The second-order valence-electron chi connectivity index (χ2n) is 6.82. The van der Waals surface area contributed by atoms with Crippen molar-refractivity contribution in [3.8, 4) is 0 Å². The Hall–Kier alpha value is -2.56. The van der Waals surface area contributed by atoms with Gasteiger partial charge in [-0.3, -0.25) is 0 Å². The molecule has 1 aliphatic heterocycles. The molecule has 0 saturated carbocycles. The minimum Gasteiger partial charge on any atom is -0.352 e. The maximum absolute atomic E-state index is 12.8. The monoisotopic (exact) mass is 430 g/mol. The first-order valence-electron chi connectivity index (χ1n) is 9.28. The van der Waals surface area contributed by atoms with Crippen LogP contribution in [0.4, 0.5) is 17.5 Å². The quantitative estimate of drug-likeness (QED) is 0.665. The van der Waals surface area contributed by atoms with E-state index in [4.69, 9.17) is 0 Å². The van der Waals surface area contributed by atoms with Gasteiger partial charge in [-0.2, -0.15) is 4.31 Å². The number of hydrogen-bond acceptors (Lipinski definition) is 8. The van der Waals surface area contributed by atoms with Gasteiger partial charge in [0.15, 0.2) is 11.6 Å². The Morgan fingerprint density at radius 1 is 0.931 bits per heavy atom. The van der Waals surface area contributed by atoms with Crippen LogP contribution in [0.3, 0.4) is 0 Å². The van der Waals surface area contributed by atoms with Crippen LogP contribution >= 0.6 is 11.3 Å². The molecule has 0 bridgehead atoms. The number of rotatable bonds is 5. The Balaban J connectivity index is 1.38. The highest BCUT2D eigenvalue weighted by atomic mass is 32.2. The fourth-order valence-corrected chi connectivity index (χ4v) is 6.00. The second kappa shape index (κ2) is 8.05. The van der Waals surface area contributed by atoms with Crippen molar-refractivity contribution in [2.45, 2.75) is 18.1 Å². The summed E-state index contributed by atoms with van der Waals surface area (Å²) in [5.74, 6) is 2.06. The first-order chi connectivity index (χ1) is 13.9. The molecule has 1 N–H and O–H groups in total. The third kappa shape index (κ3) is 4.39. The van der Waals surface area contributed by atoms with Gasteiger partial charge in [-0.1, -0.05) is 6.07 Å². The normalized spacial score (nSPS) is 15.4. The molecule has 0 amide bonds. The third-order valence-electron chi connectivity index (χ3n) is 4.67. The third-order valence-corrected chi connectivity index (χ3v) is 8.03. The second-order valence-corrected chi connectivity index (χ2v) is 10.3. The lowest BCUT2D eigenvalue weighted by atomic mass is 10.3. The summed E-state index contributed by atoms with van der Waals surface area (Å²) < 4.78 is 27.5. The fraction of sp³-hybridized carbons (Fsp3) is 0.316. The Bertz CT molecular complexity index is 1090. The van der Waals surface area contributed by atoms with Crippen molar-refractivity contribution in [3.63, 3.8) is 0 Å². The van der Waals surface area contributed by atoms with E-state index in [-0.39, 0.29) is 0 Å². The van der Waals surface area contributed by atoms with Gasteiger partial charge in [0.25, 0.3) is 10.0 Å². The van der Waals surface area contributed by atoms with Crippen molar-refractivity contribution in [2.24, 2.45) is 0 Å². The van der Waals surface area contributed by atoms with E-state index >= 15 is 0 Å². The average molecular weight is 431 g/mol. The van der Waals surface area contributed by atoms with E-state index in [1.54, 1.807) is 10.4 Å². The van der Waals surface area contributed by atoms with Crippen molar-refractivity contribution in [2.75, 3.05) is 36.4 Å². The number of aryl methyl sites for hydroxylation is 2. The zero-order valence-corrected chi connectivity index (χ0v) is 17.9. The highest BCUT2D eigenvalue weighted by Gasteiger charge is 2.30. The average Bonchev–Trinajstić information content (AvgIpc) is 3.16. The first kappa shape index (κ1) is 19.7. The van der Waals surface area contributed by atoms with Gasteiger partial charge < -0.3 is 10.2 Å². The van der Waals surface area contributed by atoms with Crippen LogP contribution in [-0.2, 0) is 10.0 Å². The van der Waals surface area contributed by atoms with Gasteiger partial charge in [0.2, 0.25) is 0 Å². The van der Waals surface area contributed by atoms with Crippen LogP contribution in [0.1, 0.15) is 10.6 Å². The van der Waals surface area contributed by atoms with E-state index < -0.39 is 10.0 Å². The summed E-state index contributed by atoms with van der Waals surface area (Å²) in [5, 5.41) is 11.6. The van der Waals surface area contributed by atoms with E-state index in [1.807, 2.05) is 55.1 Å². The van der Waals surface area contributed by atoms with E-state index in [9.17, 15) is 8.42 Å². The molecule has 0 aromatic carbocycles. The lowest BCUT2D eigenvalue weighted by Gasteiger charge is -2.34. The van der Waals surface area contributed by atoms with E-state index in [0.717, 1.165) is 22.2 Å². The number of anilines is 3. The molecule has 3 aromatic heterocycles. The molecular weight excluding hydrogens is 408 g/mol. The maximum Gasteiger partial charge on any atom is 0.252 e. The topological polar surface area (TPSA) is 91.3 Å². The number of aromatic nitrogens is 3. The molecule has 1 aliphatic rings. The highest BCUT2D eigenvalue weighted by molar-refractivity contribution is 7.91. The molecule has 8 nitrogen and oxygen atoms in total. The summed E-state index contributed by atoms with van der Waals surface area (Å²) in [6, 6.07) is 13.0. The van der Waals surface area contributed by atoms with Gasteiger partial charge in [0.05, 0.1) is 0 Å². The molecule has 152 valence electrons. The molecule has 0 radical (unpaired) electrons. The molecule has 1 saturated heterocycles. The minimum absolute atomic E-state index is 0.406. The van der Waals surface area contributed by atoms with Crippen molar-refractivity contribution >= 4 is 38.8 Å². The fourth-order valence-electron chi connectivity index (χ4n) is 3.14. The Morgan fingerprint density at radius 2 is 1.72 bits per heavy atom. The van der Waals surface area contributed by atoms with Crippen LogP contribution in [0.25, 0.3) is 0 Å². The van der Waals surface area contributed by atoms with E-state index in [0.29, 0.717) is 36.2 Å². The number of pyridine rings is 1. The summed E-state index contributed by atoms with van der Waals surface area (Å²) in [6.45, 7) is 5.84. The molecule has 1 fully saturated rings. The van der Waals surface area contributed by atoms with Gasteiger partial charge in [0, 0.05) is 36.8 Å². The van der Waals surface area contributed by atoms with Crippen molar-refractivity contribution in [1.29, 1.82) is 0 Å². The summed E-state index contributed by atoms with van der Waals surface area (Å²) in [4.78, 5) is 7.43. The van der Waals surface area contributed by atoms with Crippen molar-refractivity contribution in [1.82, 2.24) is 19.5 Å². The molecule has 0 spiro atoms. The standard InChI is InChI=1S/C19H22N6O2S2/c1-14-4-3-5-16(20-14)21-17-7-8-18(23-22-17)24-10-12-25(13-11-24)29(26,27)19-9-6-15(2)28-19/h3-9H,10-13H2,1-2H3,(H,20,21,22). The Labute approximate surface area is 174 Å². The van der Waals surface area contributed by atoms with E-state index in [2.05, 4.69) is 20.5 Å². The lowest BCUT2D eigenvalue weighted by molar-refractivity contribution is 0.384. The first-order valence-corrected chi connectivity index (χ1v) is 11.5. The molecule has 4 rings (SSSR count). The van der Waals surface area contributed by atoms with Crippen LogP contribution in [0.15, 0.2) is 46.7 Å². The highest BCUT2D eigenvalue weighted by Crippen LogP contribution is 2.26. The van der Waals surface area contributed by atoms with Gasteiger partial charge in [0.1, 0.15) is 10.0 Å². The number of thiophene rings is 1. The molecule has 0 unspecified atom stereocenters. The van der Waals surface area contributed by atoms with Crippen molar-refractivity contribution < 1.29 is 8.42 Å². The SMILES string of the molecule is Cc1cccc(Nc2ccc(N3CCN(S(=O)(=O)c4ccc(C)s4)CC3)nn2)n1. The Morgan fingerprint density at radius 3 is 2.34 bits per heavy atom. The van der Waals surface area contributed by atoms with Gasteiger partial charge >= 0.3 is 0 Å². The summed E-state index contributed by atoms with van der Waals surface area (Å²) in [5.41, 5.74) is 0.921. The zero-order chi connectivity index (χ0) is 20.4. The summed E-state index contributed by atoms with van der Waals surface area (Å²) in [6.07, 6.45) is 0. The minimum atomic E-state index is -3.42. The largest absolute Gasteiger partial charge is 0.352 e. The molecule has 29 heavy (non-hydrogen) atoms. The van der Waals surface area contributed by atoms with Crippen molar-refractivity contribution in [3.05, 3.63) is 53.0 Å². The smallest absolute Gasteiger partial charge is 0.252 e. The van der Waals surface area contributed by atoms with Crippen LogP contribution < -0.4 is 10.2 Å². The van der Waals surface area contributed by atoms with Crippen LogP contribution in [0.2, 0.25) is 0 Å². The number of piperazine rings is 1. The van der Waals surface area contributed by atoms with Crippen LogP contribution in [0, 0.1) is 13.8 Å². The van der Waals surface area contributed by atoms with E-state index in [1.165, 1.54) is 11.3 Å². The zero-order valence-electron chi connectivity index (χ0n) is 16.2. The summed E-state index contributed by atoms with van der Waals surface area (Å²) in [7, 11) is -3.42. The van der Waals surface area contributed by atoms with Crippen LogP contribution in [0.5, 0.6) is 0 Å². The predicted molar refractivity (Wildman–Crippen MR) is 114 cm³/mol. The lowest BCUT2D eigenvalue weighted by Crippen LogP contribution is -2.48. The summed E-state index contributed by atoms with van der Waals surface area (Å²) >= 11 is 1.31. The number of nitrogens with zero attached hydrogens (tertiary/aromatic N) is 5.